The number of aryl methyl sites for hydroxylation is 1. The molecule has 5 rings (SSSR count). The molecule has 0 aliphatic carbocycles. The summed E-state index contributed by atoms with van der Waals surface area (Å²) in [7, 11) is 0. The maximum Gasteiger partial charge on any atom is 0.337 e. The molecule has 3 aromatic rings. The Hall–Kier alpha value is -3.84. The lowest BCUT2D eigenvalue weighted by atomic mass is 9.98. The molecule has 10 heteroatoms. The van der Waals surface area contributed by atoms with Crippen LogP contribution in [0.2, 0.25) is 0 Å². The monoisotopic (exact) mass is 534 g/mol. The van der Waals surface area contributed by atoms with Crippen molar-refractivity contribution in [2.24, 2.45) is 0 Å². The maximum absolute atomic E-state index is 13.6. The highest BCUT2D eigenvalue weighted by Crippen LogP contribution is 2.33. The van der Waals surface area contributed by atoms with Gasteiger partial charge in [-0.05, 0) is 50.5 Å². The number of halogens is 2. The maximum atomic E-state index is 13.6. The standard InChI is InChI=1S/C29H32F2N6O2/c1-18-15-22(19(2)33-23-6-4-3-5-21(23)28(38)39)26-24(16-18)34-25(17-32)27(35-26)37-11-7-20(8-12-37)36-13-9-29(30,31)10-14-36/h3-6,15-16,19-20,33H,7-14H2,1-2H3,(H,38,39)/t19-/m1/s1. The molecule has 2 N–H and O–H groups in total. The molecule has 39 heavy (non-hydrogen) atoms. The third-order valence-electron chi connectivity index (χ3n) is 7.84. The topological polar surface area (TPSA) is 105 Å². The summed E-state index contributed by atoms with van der Waals surface area (Å²) in [6.45, 7) is 6.04. The van der Waals surface area contributed by atoms with Crippen LogP contribution >= 0.6 is 0 Å². The molecule has 1 atom stereocenters. The van der Waals surface area contributed by atoms with E-state index in [-0.39, 0.29) is 36.2 Å². The van der Waals surface area contributed by atoms with Gasteiger partial charge in [-0.25, -0.2) is 23.5 Å². The third-order valence-corrected chi connectivity index (χ3v) is 7.84. The van der Waals surface area contributed by atoms with Gasteiger partial charge in [0.05, 0.1) is 22.6 Å². The molecule has 2 aliphatic rings. The minimum Gasteiger partial charge on any atom is -0.478 e. The van der Waals surface area contributed by atoms with Gasteiger partial charge in [-0.1, -0.05) is 18.2 Å². The van der Waals surface area contributed by atoms with Crippen LogP contribution in [0.25, 0.3) is 11.0 Å². The fraction of sp³-hybridized carbons (Fsp3) is 0.448. The van der Waals surface area contributed by atoms with Gasteiger partial charge < -0.3 is 15.3 Å². The van der Waals surface area contributed by atoms with Gasteiger partial charge in [0.25, 0.3) is 5.92 Å². The SMILES string of the molecule is Cc1cc([C@@H](C)Nc2ccccc2C(=O)O)c2nc(N3CCC(N4CCC(F)(F)CC4)CC3)c(C#N)nc2c1. The van der Waals surface area contributed by atoms with Crippen LogP contribution in [-0.4, -0.2) is 64.1 Å². The molecule has 0 bridgehead atoms. The van der Waals surface area contributed by atoms with Crippen molar-refractivity contribution in [3.8, 4) is 6.07 Å². The molecule has 2 aliphatic heterocycles. The first-order valence-corrected chi connectivity index (χ1v) is 13.3. The van der Waals surface area contributed by atoms with E-state index in [1.54, 1.807) is 24.3 Å². The van der Waals surface area contributed by atoms with Crippen molar-refractivity contribution >= 4 is 28.5 Å². The third kappa shape index (κ3) is 5.64. The second-order valence-electron chi connectivity index (χ2n) is 10.6. The van der Waals surface area contributed by atoms with Crippen LogP contribution in [0.1, 0.15) is 65.8 Å². The van der Waals surface area contributed by atoms with Crippen molar-refractivity contribution in [2.75, 3.05) is 36.4 Å². The van der Waals surface area contributed by atoms with Crippen LogP contribution in [0.15, 0.2) is 36.4 Å². The minimum atomic E-state index is -2.56. The van der Waals surface area contributed by atoms with E-state index in [0.717, 1.165) is 24.0 Å². The molecule has 2 aromatic carbocycles. The Kier molecular flexibility index (Phi) is 7.36. The lowest BCUT2D eigenvalue weighted by Gasteiger charge is -2.42. The molecule has 0 unspecified atom stereocenters. The van der Waals surface area contributed by atoms with E-state index in [9.17, 15) is 23.9 Å². The predicted octanol–water partition coefficient (Wildman–Crippen LogP) is 5.38. The Morgan fingerprint density at radius 2 is 1.85 bits per heavy atom. The van der Waals surface area contributed by atoms with Crippen molar-refractivity contribution < 1.29 is 18.7 Å². The first kappa shape index (κ1) is 26.8. The van der Waals surface area contributed by atoms with Gasteiger partial charge in [0, 0.05) is 56.3 Å². The summed E-state index contributed by atoms with van der Waals surface area (Å²) in [4.78, 5) is 25.6. The Morgan fingerprint density at radius 3 is 2.51 bits per heavy atom. The highest BCUT2D eigenvalue weighted by Gasteiger charge is 2.37. The lowest BCUT2D eigenvalue weighted by molar-refractivity contribution is -0.0646. The summed E-state index contributed by atoms with van der Waals surface area (Å²) >= 11 is 0. The first-order valence-electron chi connectivity index (χ1n) is 13.3. The van der Waals surface area contributed by atoms with Gasteiger partial charge in [0.15, 0.2) is 11.5 Å². The first-order chi connectivity index (χ1) is 18.6. The number of carbonyl (C=O) groups is 1. The second-order valence-corrected chi connectivity index (χ2v) is 10.6. The van der Waals surface area contributed by atoms with Gasteiger partial charge in [-0.15, -0.1) is 0 Å². The lowest BCUT2D eigenvalue weighted by Crippen LogP contribution is -2.49. The number of benzene rings is 2. The van der Waals surface area contributed by atoms with E-state index in [1.807, 2.05) is 26.0 Å². The summed E-state index contributed by atoms with van der Waals surface area (Å²) < 4.78 is 27.2. The summed E-state index contributed by atoms with van der Waals surface area (Å²) in [6, 6.07) is 12.8. The van der Waals surface area contributed by atoms with Crippen molar-refractivity contribution in [1.29, 1.82) is 5.26 Å². The zero-order chi connectivity index (χ0) is 27.7. The van der Waals surface area contributed by atoms with Gasteiger partial charge in [-0.3, -0.25) is 4.90 Å². The van der Waals surface area contributed by atoms with E-state index in [1.165, 1.54) is 0 Å². The fourth-order valence-corrected chi connectivity index (χ4v) is 5.71. The normalized spacial score (nSPS) is 19.0. The number of fused-ring (bicyclic) bond motifs is 1. The molecule has 204 valence electrons. The average molecular weight is 535 g/mol. The van der Waals surface area contributed by atoms with E-state index >= 15 is 0 Å². The Morgan fingerprint density at radius 1 is 1.15 bits per heavy atom. The number of carboxylic acids is 1. The molecule has 2 fully saturated rings. The van der Waals surface area contributed by atoms with E-state index < -0.39 is 11.9 Å². The van der Waals surface area contributed by atoms with Crippen LogP contribution in [0.5, 0.6) is 0 Å². The van der Waals surface area contributed by atoms with Crippen LogP contribution in [-0.2, 0) is 0 Å². The largest absolute Gasteiger partial charge is 0.478 e. The molecule has 3 heterocycles. The number of likely N-dealkylation sites (tertiary alicyclic amines) is 1. The number of nitrogens with zero attached hydrogens (tertiary/aromatic N) is 5. The summed E-state index contributed by atoms with van der Waals surface area (Å²) in [5, 5.41) is 22.8. The number of aromatic carboxylic acids is 1. The van der Waals surface area contributed by atoms with Crippen molar-refractivity contribution in [3.63, 3.8) is 0 Å². The van der Waals surface area contributed by atoms with Crippen molar-refractivity contribution in [1.82, 2.24) is 14.9 Å². The van der Waals surface area contributed by atoms with Gasteiger partial charge >= 0.3 is 5.97 Å². The van der Waals surface area contributed by atoms with Crippen molar-refractivity contribution in [3.05, 3.63) is 58.8 Å². The fourth-order valence-electron chi connectivity index (χ4n) is 5.71. The zero-order valence-electron chi connectivity index (χ0n) is 22.1. The summed E-state index contributed by atoms with van der Waals surface area (Å²) in [5.41, 5.74) is 4.01. The number of carboxylic acid groups (broad SMARTS) is 1. The molecule has 0 radical (unpaired) electrons. The number of nitriles is 1. The summed E-state index contributed by atoms with van der Waals surface area (Å²) in [6.07, 6.45) is 1.43. The summed E-state index contributed by atoms with van der Waals surface area (Å²) in [5.74, 6) is -3.05. The number of alkyl halides is 2. The molecule has 1 aromatic heterocycles. The predicted molar refractivity (Wildman–Crippen MR) is 145 cm³/mol. The highest BCUT2D eigenvalue weighted by molar-refractivity contribution is 5.94. The molecule has 2 saturated heterocycles. The highest BCUT2D eigenvalue weighted by atomic mass is 19.3. The zero-order valence-corrected chi connectivity index (χ0v) is 22.1. The number of piperidine rings is 2. The van der Waals surface area contributed by atoms with Gasteiger partial charge in [0.1, 0.15) is 6.07 Å². The van der Waals surface area contributed by atoms with Gasteiger partial charge in [-0.2, -0.15) is 5.26 Å². The van der Waals surface area contributed by atoms with Gasteiger partial charge in [0.2, 0.25) is 0 Å². The van der Waals surface area contributed by atoms with Crippen LogP contribution < -0.4 is 10.2 Å². The van der Waals surface area contributed by atoms with Crippen LogP contribution in [0, 0.1) is 18.3 Å². The quantitative estimate of drug-likeness (QED) is 0.434. The number of nitrogens with one attached hydrogen (secondary N) is 1. The number of hydrogen-bond donors (Lipinski definition) is 2. The number of rotatable bonds is 6. The Balaban J connectivity index is 1.41. The molecule has 0 spiro atoms. The molecular formula is C29H32F2N6O2. The molecule has 8 nitrogen and oxygen atoms in total. The second kappa shape index (κ2) is 10.7. The van der Waals surface area contributed by atoms with Crippen LogP contribution in [0.3, 0.4) is 0 Å². The van der Waals surface area contributed by atoms with E-state index in [2.05, 4.69) is 26.2 Å². The molecule has 0 amide bonds. The smallest absolute Gasteiger partial charge is 0.337 e. The Bertz CT molecular complexity index is 1420. The van der Waals surface area contributed by atoms with Crippen molar-refractivity contribution in [2.45, 2.75) is 57.5 Å². The van der Waals surface area contributed by atoms with E-state index in [4.69, 9.17) is 4.98 Å². The molecular weight excluding hydrogens is 502 g/mol. The van der Waals surface area contributed by atoms with E-state index in [0.29, 0.717) is 48.7 Å². The Labute approximate surface area is 226 Å². The number of para-hydroxylation sites is 1. The number of anilines is 2. The number of hydrogen-bond acceptors (Lipinski definition) is 7. The average Bonchev–Trinajstić information content (AvgIpc) is 2.92. The minimum absolute atomic E-state index is 0.0900. The van der Waals surface area contributed by atoms with Crippen LogP contribution in [0.4, 0.5) is 20.3 Å². The number of aromatic nitrogens is 2. The molecule has 0 saturated carbocycles.